The molecule has 0 heterocycles. The van der Waals surface area contributed by atoms with Crippen molar-refractivity contribution in [3.05, 3.63) is 71.3 Å². The summed E-state index contributed by atoms with van der Waals surface area (Å²) < 4.78 is 4.64. The minimum Gasteiger partial charge on any atom is -0.465 e. The number of benzene rings is 2. The molecule has 2 rings (SSSR count). The summed E-state index contributed by atoms with van der Waals surface area (Å²) in [6, 6.07) is 13.5. The summed E-state index contributed by atoms with van der Waals surface area (Å²) >= 11 is 0. The second kappa shape index (κ2) is 10.1. The van der Waals surface area contributed by atoms with Gasteiger partial charge >= 0.3 is 5.97 Å². The Kier molecular flexibility index (Phi) is 7.51. The topological polar surface area (TPSA) is 75.7 Å². The Bertz CT molecular complexity index is 851. The molecule has 0 radical (unpaired) electrons. The first-order chi connectivity index (χ1) is 13.5. The number of anilines is 1. The Morgan fingerprint density at radius 2 is 1.50 bits per heavy atom. The Balaban J connectivity index is 1.96. The van der Waals surface area contributed by atoms with Crippen LogP contribution in [-0.4, -0.2) is 42.9 Å². The number of rotatable bonds is 7. The van der Waals surface area contributed by atoms with Gasteiger partial charge in [0, 0.05) is 30.4 Å². The maximum Gasteiger partial charge on any atom is 0.337 e. The number of esters is 1. The third kappa shape index (κ3) is 5.54. The van der Waals surface area contributed by atoms with Crippen LogP contribution in [0.2, 0.25) is 0 Å². The van der Waals surface area contributed by atoms with Crippen molar-refractivity contribution in [2.75, 3.05) is 25.5 Å². The van der Waals surface area contributed by atoms with Gasteiger partial charge in [-0.1, -0.05) is 12.1 Å². The fourth-order valence-corrected chi connectivity index (χ4v) is 2.59. The van der Waals surface area contributed by atoms with Crippen molar-refractivity contribution in [2.24, 2.45) is 0 Å². The molecule has 0 saturated carbocycles. The molecule has 0 fully saturated rings. The van der Waals surface area contributed by atoms with Crippen molar-refractivity contribution in [2.45, 2.75) is 13.8 Å². The van der Waals surface area contributed by atoms with E-state index in [0.29, 0.717) is 29.9 Å². The molecule has 0 aliphatic carbocycles. The molecule has 0 unspecified atom stereocenters. The molecule has 6 heteroatoms. The van der Waals surface area contributed by atoms with E-state index in [1.54, 1.807) is 59.5 Å². The minimum atomic E-state index is -0.406. The number of methoxy groups -OCH3 is 1. The molecular formula is C22H24N2O4. The molecule has 0 spiro atoms. The first kappa shape index (κ1) is 20.9. The van der Waals surface area contributed by atoms with Crippen LogP contribution in [0.3, 0.4) is 0 Å². The minimum absolute atomic E-state index is 0.0295. The average molecular weight is 380 g/mol. The zero-order chi connectivity index (χ0) is 20.5. The highest BCUT2D eigenvalue weighted by Gasteiger charge is 2.12. The fourth-order valence-electron chi connectivity index (χ4n) is 2.59. The van der Waals surface area contributed by atoms with Gasteiger partial charge in [0.05, 0.1) is 12.7 Å². The van der Waals surface area contributed by atoms with E-state index in [1.807, 2.05) is 13.8 Å². The van der Waals surface area contributed by atoms with Crippen molar-refractivity contribution in [3.63, 3.8) is 0 Å². The molecule has 1 N–H and O–H groups in total. The van der Waals surface area contributed by atoms with Gasteiger partial charge in [0.25, 0.3) is 5.91 Å². The highest BCUT2D eigenvalue weighted by Crippen LogP contribution is 2.12. The first-order valence-electron chi connectivity index (χ1n) is 9.05. The maximum absolute atomic E-state index is 12.3. The van der Waals surface area contributed by atoms with E-state index in [0.717, 1.165) is 5.56 Å². The van der Waals surface area contributed by atoms with E-state index in [2.05, 4.69) is 10.1 Å². The van der Waals surface area contributed by atoms with Gasteiger partial charge in [0.15, 0.2) is 0 Å². The molecule has 0 bridgehead atoms. The maximum atomic E-state index is 12.3. The van der Waals surface area contributed by atoms with E-state index >= 15 is 0 Å². The largest absolute Gasteiger partial charge is 0.465 e. The highest BCUT2D eigenvalue weighted by molar-refractivity contribution is 6.02. The zero-order valence-corrected chi connectivity index (χ0v) is 16.3. The van der Waals surface area contributed by atoms with Crippen molar-refractivity contribution in [3.8, 4) is 0 Å². The Labute approximate surface area is 164 Å². The van der Waals surface area contributed by atoms with Crippen LogP contribution in [0.15, 0.2) is 54.6 Å². The molecule has 146 valence electrons. The number of hydrogen-bond donors (Lipinski definition) is 1. The van der Waals surface area contributed by atoms with E-state index < -0.39 is 5.97 Å². The molecule has 0 aliphatic rings. The van der Waals surface area contributed by atoms with Crippen molar-refractivity contribution < 1.29 is 19.1 Å². The summed E-state index contributed by atoms with van der Waals surface area (Å²) in [5.41, 5.74) is 2.42. The third-order valence-corrected chi connectivity index (χ3v) is 4.21. The van der Waals surface area contributed by atoms with Crippen LogP contribution in [0.1, 0.15) is 40.1 Å². The summed E-state index contributed by atoms with van der Waals surface area (Å²) in [6.07, 6.45) is 3.05. The quantitative estimate of drug-likeness (QED) is 0.588. The smallest absolute Gasteiger partial charge is 0.337 e. The molecule has 0 atom stereocenters. The zero-order valence-electron chi connectivity index (χ0n) is 16.3. The second-order valence-electron chi connectivity index (χ2n) is 5.99. The van der Waals surface area contributed by atoms with Crippen LogP contribution < -0.4 is 5.32 Å². The number of carbonyl (C=O) groups excluding carboxylic acids is 3. The first-order valence-corrected chi connectivity index (χ1v) is 9.05. The van der Waals surface area contributed by atoms with E-state index in [4.69, 9.17) is 0 Å². The summed E-state index contributed by atoms with van der Waals surface area (Å²) in [7, 11) is 1.33. The van der Waals surface area contributed by atoms with E-state index in [9.17, 15) is 14.4 Å². The SMILES string of the molecule is CCN(CC)C(=O)c1ccc(NC(=O)/C=C/c2ccc(C(=O)OC)cc2)cc1. The summed E-state index contributed by atoms with van der Waals surface area (Å²) in [4.78, 5) is 37.5. The van der Waals surface area contributed by atoms with Gasteiger partial charge in [-0.05, 0) is 61.9 Å². The Morgan fingerprint density at radius 1 is 0.929 bits per heavy atom. The average Bonchev–Trinajstić information content (AvgIpc) is 2.73. The number of amides is 2. The van der Waals surface area contributed by atoms with Gasteiger partial charge < -0.3 is 15.0 Å². The molecule has 0 saturated heterocycles. The normalized spacial score (nSPS) is 10.5. The van der Waals surface area contributed by atoms with E-state index in [1.165, 1.54) is 13.2 Å². The lowest BCUT2D eigenvalue weighted by molar-refractivity contribution is -0.111. The standard InChI is InChI=1S/C22H24N2O4/c1-4-24(5-2)21(26)17-11-13-19(14-12-17)23-20(25)15-8-16-6-9-18(10-7-16)22(27)28-3/h6-15H,4-5H2,1-3H3,(H,23,25)/b15-8+. The van der Waals surface area contributed by atoms with Crippen LogP contribution in [0.25, 0.3) is 6.08 Å². The van der Waals surface area contributed by atoms with Crippen LogP contribution in [0.5, 0.6) is 0 Å². The monoisotopic (exact) mass is 380 g/mol. The highest BCUT2D eigenvalue weighted by atomic mass is 16.5. The van der Waals surface area contributed by atoms with E-state index in [-0.39, 0.29) is 11.8 Å². The number of nitrogens with one attached hydrogen (secondary N) is 1. The van der Waals surface area contributed by atoms with Gasteiger partial charge in [-0.3, -0.25) is 9.59 Å². The van der Waals surface area contributed by atoms with Gasteiger partial charge in [-0.2, -0.15) is 0 Å². The van der Waals surface area contributed by atoms with Gasteiger partial charge in [-0.15, -0.1) is 0 Å². The lowest BCUT2D eigenvalue weighted by Gasteiger charge is -2.18. The number of nitrogens with zero attached hydrogens (tertiary/aromatic N) is 1. The lowest BCUT2D eigenvalue weighted by Crippen LogP contribution is -2.30. The summed E-state index contributed by atoms with van der Waals surface area (Å²) in [5.74, 6) is -0.728. The summed E-state index contributed by atoms with van der Waals surface area (Å²) in [6.45, 7) is 5.18. The summed E-state index contributed by atoms with van der Waals surface area (Å²) in [5, 5.41) is 2.75. The van der Waals surface area contributed by atoms with Crippen LogP contribution in [-0.2, 0) is 9.53 Å². The van der Waals surface area contributed by atoms with Crippen molar-refractivity contribution in [1.29, 1.82) is 0 Å². The number of carbonyl (C=O) groups is 3. The number of hydrogen-bond acceptors (Lipinski definition) is 4. The molecule has 2 amide bonds. The predicted molar refractivity (Wildman–Crippen MR) is 109 cm³/mol. The Hall–Kier alpha value is -3.41. The molecular weight excluding hydrogens is 356 g/mol. The van der Waals surface area contributed by atoms with Crippen molar-refractivity contribution in [1.82, 2.24) is 4.90 Å². The molecule has 0 aliphatic heterocycles. The molecule has 6 nitrogen and oxygen atoms in total. The fraction of sp³-hybridized carbons (Fsp3) is 0.227. The van der Waals surface area contributed by atoms with Gasteiger partial charge in [0.1, 0.15) is 0 Å². The van der Waals surface area contributed by atoms with Crippen LogP contribution >= 0.6 is 0 Å². The molecule has 28 heavy (non-hydrogen) atoms. The van der Waals surface area contributed by atoms with Crippen molar-refractivity contribution >= 4 is 29.5 Å². The Morgan fingerprint density at radius 3 is 2.04 bits per heavy atom. The van der Waals surface area contributed by atoms with Gasteiger partial charge in [0.2, 0.25) is 5.91 Å². The predicted octanol–water partition coefficient (Wildman–Crippen LogP) is 3.61. The third-order valence-electron chi connectivity index (χ3n) is 4.21. The lowest BCUT2D eigenvalue weighted by atomic mass is 10.1. The number of ether oxygens (including phenoxy) is 1. The van der Waals surface area contributed by atoms with Crippen LogP contribution in [0, 0.1) is 0 Å². The molecule has 2 aromatic rings. The molecule has 2 aromatic carbocycles. The van der Waals surface area contributed by atoms with Gasteiger partial charge in [-0.25, -0.2) is 4.79 Å². The van der Waals surface area contributed by atoms with Crippen LogP contribution in [0.4, 0.5) is 5.69 Å². The molecule has 0 aromatic heterocycles. The second-order valence-corrected chi connectivity index (χ2v) is 5.99.